The van der Waals surface area contributed by atoms with E-state index < -0.39 is 0 Å². The summed E-state index contributed by atoms with van der Waals surface area (Å²) in [7, 11) is 3.27. The summed E-state index contributed by atoms with van der Waals surface area (Å²) < 4.78 is 22.3. The molecule has 5 nitrogen and oxygen atoms in total. The molecule has 0 aromatic heterocycles. The molecule has 124 valence electrons. The van der Waals surface area contributed by atoms with Gasteiger partial charge >= 0.3 is 0 Å². The van der Waals surface area contributed by atoms with E-state index in [-0.39, 0.29) is 18.1 Å². The standard InChI is InChI=1S/C17H26O5/c1-17(2)5-7-22-16(11-21-8-6-18)12-9-14(19-3)15(20-4)10-13(12)17/h9-10,16,18H,5-8,11H2,1-4H3. The Balaban J connectivity index is 2.43. The molecule has 1 aromatic carbocycles. The van der Waals surface area contributed by atoms with Crippen LogP contribution < -0.4 is 9.47 Å². The maximum Gasteiger partial charge on any atom is 0.161 e. The van der Waals surface area contributed by atoms with E-state index >= 15 is 0 Å². The molecule has 0 spiro atoms. The molecule has 0 bridgehead atoms. The Labute approximate surface area is 132 Å². The van der Waals surface area contributed by atoms with Crippen LogP contribution in [0.2, 0.25) is 0 Å². The number of rotatable bonds is 6. The number of methoxy groups -OCH3 is 2. The zero-order chi connectivity index (χ0) is 16.2. The van der Waals surface area contributed by atoms with Crippen LogP contribution in [-0.2, 0) is 14.9 Å². The minimum Gasteiger partial charge on any atom is -0.493 e. The van der Waals surface area contributed by atoms with Gasteiger partial charge in [0.25, 0.3) is 0 Å². The molecule has 0 amide bonds. The molecule has 5 heteroatoms. The predicted octanol–water partition coefficient (Wildman–Crippen LogP) is 2.45. The van der Waals surface area contributed by atoms with Crippen molar-refractivity contribution >= 4 is 0 Å². The van der Waals surface area contributed by atoms with Crippen LogP contribution in [0, 0.1) is 0 Å². The van der Waals surface area contributed by atoms with E-state index in [0.717, 1.165) is 17.7 Å². The molecule has 1 aliphatic rings. The molecule has 2 rings (SSSR count). The molecular weight excluding hydrogens is 284 g/mol. The van der Waals surface area contributed by atoms with E-state index in [9.17, 15) is 0 Å². The van der Waals surface area contributed by atoms with Crippen molar-refractivity contribution in [1.82, 2.24) is 0 Å². The van der Waals surface area contributed by atoms with Gasteiger partial charge in [0.2, 0.25) is 0 Å². The van der Waals surface area contributed by atoms with Crippen LogP contribution in [0.3, 0.4) is 0 Å². The topological polar surface area (TPSA) is 57.2 Å². The van der Waals surface area contributed by atoms with Gasteiger partial charge in [-0.1, -0.05) is 13.8 Å². The monoisotopic (exact) mass is 310 g/mol. The van der Waals surface area contributed by atoms with Gasteiger partial charge in [0.1, 0.15) is 6.10 Å². The number of fused-ring (bicyclic) bond motifs is 1. The fourth-order valence-electron chi connectivity index (χ4n) is 2.82. The second-order valence-electron chi connectivity index (χ2n) is 6.09. The first-order chi connectivity index (χ1) is 10.5. The number of aliphatic hydroxyl groups excluding tert-OH is 1. The summed E-state index contributed by atoms with van der Waals surface area (Å²) in [6, 6.07) is 4.02. The first-order valence-corrected chi connectivity index (χ1v) is 7.60. The Morgan fingerprint density at radius 1 is 1.23 bits per heavy atom. The van der Waals surface area contributed by atoms with Gasteiger partial charge in [-0.05, 0) is 35.1 Å². The predicted molar refractivity (Wildman–Crippen MR) is 83.8 cm³/mol. The quantitative estimate of drug-likeness (QED) is 0.818. The molecule has 0 fully saturated rings. The van der Waals surface area contributed by atoms with Crippen LogP contribution in [0.25, 0.3) is 0 Å². The maximum atomic E-state index is 8.88. The Kier molecular flexibility index (Phi) is 5.67. The van der Waals surface area contributed by atoms with Crippen molar-refractivity contribution in [1.29, 1.82) is 0 Å². The summed E-state index contributed by atoms with van der Waals surface area (Å²) in [5, 5.41) is 8.88. The molecule has 1 N–H and O–H groups in total. The first-order valence-electron chi connectivity index (χ1n) is 7.60. The van der Waals surface area contributed by atoms with Crippen molar-refractivity contribution in [2.24, 2.45) is 0 Å². The van der Waals surface area contributed by atoms with E-state index in [2.05, 4.69) is 13.8 Å². The third kappa shape index (κ3) is 3.54. The molecule has 0 saturated heterocycles. The molecule has 22 heavy (non-hydrogen) atoms. The average Bonchev–Trinajstić information content (AvgIpc) is 2.63. The fraction of sp³-hybridized carbons (Fsp3) is 0.647. The van der Waals surface area contributed by atoms with Crippen molar-refractivity contribution in [2.75, 3.05) is 40.6 Å². The summed E-state index contributed by atoms with van der Waals surface area (Å²) in [4.78, 5) is 0. The summed E-state index contributed by atoms with van der Waals surface area (Å²) in [5.74, 6) is 1.42. The number of hydrogen-bond acceptors (Lipinski definition) is 5. The number of ether oxygens (including phenoxy) is 4. The van der Waals surface area contributed by atoms with Gasteiger partial charge < -0.3 is 24.1 Å². The lowest BCUT2D eigenvalue weighted by atomic mass is 9.79. The van der Waals surface area contributed by atoms with Crippen molar-refractivity contribution in [3.63, 3.8) is 0 Å². The van der Waals surface area contributed by atoms with Crippen LogP contribution in [0.1, 0.15) is 37.5 Å². The Morgan fingerprint density at radius 3 is 2.55 bits per heavy atom. The summed E-state index contributed by atoms with van der Waals surface area (Å²) in [5.41, 5.74) is 2.25. The molecular formula is C17H26O5. The highest BCUT2D eigenvalue weighted by molar-refractivity contribution is 5.51. The van der Waals surface area contributed by atoms with E-state index in [1.54, 1.807) is 14.2 Å². The first kappa shape index (κ1) is 17.1. The highest BCUT2D eigenvalue weighted by atomic mass is 16.5. The van der Waals surface area contributed by atoms with Crippen molar-refractivity contribution < 1.29 is 24.1 Å². The number of benzene rings is 1. The molecule has 1 unspecified atom stereocenters. The molecule has 0 radical (unpaired) electrons. The normalized spacial score (nSPS) is 20.1. The lowest BCUT2D eigenvalue weighted by Gasteiger charge is -2.27. The summed E-state index contributed by atoms with van der Waals surface area (Å²) in [6.07, 6.45) is 0.759. The van der Waals surface area contributed by atoms with E-state index in [1.165, 1.54) is 5.56 Å². The zero-order valence-electron chi connectivity index (χ0n) is 13.8. The average molecular weight is 310 g/mol. The zero-order valence-corrected chi connectivity index (χ0v) is 13.8. The highest BCUT2D eigenvalue weighted by Crippen LogP contribution is 2.43. The van der Waals surface area contributed by atoms with Gasteiger partial charge in [-0.2, -0.15) is 0 Å². The van der Waals surface area contributed by atoms with Crippen LogP contribution in [0.5, 0.6) is 11.5 Å². The Hall–Kier alpha value is -1.30. The minimum absolute atomic E-state index is 0.0109. The maximum absolute atomic E-state index is 8.88. The van der Waals surface area contributed by atoms with Crippen LogP contribution >= 0.6 is 0 Å². The summed E-state index contributed by atoms with van der Waals surface area (Å²) >= 11 is 0. The Morgan fingerprint density at radius 2 is 1.91 bits per heavy atom. The van der Waals surface area contributed by atoms with Crippen LogP contribution in [-0.4, -0.2) is 45.8 Å². The second-order valence-corrected chi connectivity index (χ2v) is 6.09. The van der Waals surface area contributed by atoms with E-state index in [4.69, 9.17) is 24.1 Å². The van der Waals surface area contributed by atoms with Gasteiger partial charge in [0.05, 0.1) is 34.0 Å². The third-order valence-electron chi connectivity index (χ3n) is 4.18. The SMILES string of the molecule is COc1cc2c(cc1OC)C(C)(C)CCOC2COCCO. The molecule has 1 aromatic rings. The third-order valence-corrected chi connectivity index (χ3v) is 4.18. The van der Waals surface area contributed by atoms with Gasteiger partial charge in [0, 0.05) is 6.61 Å². The van der Waals surface area contributed by atoms with Crippen molar-refractivity contribution in [2.45, 2.75) is 31.8 Å². The van der Waals surface area contributed by atoms with E-state index in [0.29, 0.717) is 25.6 Å². The summed E-state index contributed by atoms with van der Waals surface area (Å²) in [6.45, 7) is 5.82. The Bertz CT molecular complexity index is 498. The number of hydrogen-bond donors (Lipinski definition) is 1. The molecule has 1 atom stereocenters. The lowest BCUT2D eigenvalue weighted by molar-refractivity contribution is -0.0246. The molecule has 0 saturated carbocycles. The lowest BCUT2D eigenvalue weighted by Crippen LogP contribution is -2.19. The van der Waals surface area contributed by atoms with Crippen LogP contribution in [0.4, 0.5) is 0 Å². The molecule has 1 aliphatic heterocycles. The van der Waals surface area contributed by atoms with Gasteiger partial charge in [0.15, 0.2) is 11.5 Å². The van der Waals surface area contributed by atoms with Gasteiger partial charge in [-0.15, -0.1) is 0 Å². The fourth-order valence-corrected chi connectivity index (χ4v) is 2.82. The number of aliphatic hydroxyl groups is 1. The van der Waals surface area contributed by atoms with Gasteiger partial charge in [-0.3, -0.25) is 0 Å². The minimum atomic E-state index is -0.164. The largest absolute Gasteiger partial charge is 0.493 e. The van der Waals surface area contributed by atoms with Gasteiger partial charge in [-0.25, -0.2) is 0 Å². The highest BCUT2D eigenvalue weighted by Gasteiger charge is 2.32. The smallest absolute Gasteiger partial charge is 0.161 e. The molecule has 0 aliphatic carbocycles. The van der Waals surface area contributed by atoms with E-state index in [1.807, 2.05) is 12.1 Å². The second kappa shape index (κ2) is 7.31. The van der Waals surface area contributed by atoms with Crippen molar-refractivity contribution in [3.8, 4) is 11.5 Å². The van der Waals surface area contributed by atoms with Crippen LogP contribution in [0.15, 0.2) is 12.1 Å². The molecule has 1 heterocycles. The van der Waals surface area contributed by atoms with Crippen molar-refractivity contribution in [3.05, 3.63) is 23.3 Å².